The quantitative estimate of drug-likeness (QED) is 0.776. The normalized spacial score (nSPS) is 15.0. The summed E-state index contributed by atoms with van der Waals surface area (Å²) in [4.78, 5) is 13.6. The lowest BCUT2D eigenvalue weighted by molar-refractivity contribution is -0.117. The van der Waals surface area contributed by atoms with Crippen molar-refractivity contribution in [1.29, 1.82) is 0 Å². The van der Waals surface area contributed by atoms with Crippen molar-refractivity contribution in [3.05, 3.63) is 24.3 Å². The fourth-order valence-corrected chi connectivity index (χ4v) is 2.89. The molecular weight excluding hydrogens is 256 g/mol. The summed E-state index contributed by atoms with van der Waals surface area (Å²) in [5.74, 6) is 2.64. The lowest BCUT2D eigenvalue weighted by atomic mass is 10.2. The molecule has 1 N–H and O–H groups in total. The van der Waals surface area contributed by atoms with Gasteiger partial charge >= 0.3 is 0 Å². The van der Waals surface area contributed by atoms with Gasteiger partial charge in [-0.1, -0.05) is 13.0 Å². The van der Waals surface area contributed by atoms with Gasteiger partial charge in [-0.25, -0.2) is 0 Å². The van der Waals surface area contributed by atoms with Gasteiger partial charge in [0.15, 0.2) is 0 Å². The Morgan fingerprint density at radius 3 is 3.05 bits per heavy atom. The van der Waals surface area contributed by atoms with E-state index in [1.165, 1.54) is 17.9 Å². The lowest BCUT2D eigenvalue weighted by Crippen LogP contribution is -2.23. The standard InChI is InChI=1S/C15H22N2OS/c1-2-19-11-5-9-16-13-6-3-7-14(12-13)17-10-4-8-15(17)18/h3,6-7,12,16H,2,4-5,8-11H2,1H3. The number of carbonyl (C=O) groups is 1. The largest absolute Gasteiger partial charge is 0.385 e. The van der Waals surface area contributed by atoms with E-state index < -0.39 is 0 Å². The first-order valence-electron chi connectivity index (χ1n) is 7.03. The summed E-state index contributed by atoms with van der Waals surface area (Å²) in [6.45, 7) is 4.04. The number of carbonyl (C=O) groups excluding carboxylic acids is 1. The fourth-order valence-electron chi connectivity index (χ4n) is 2.26. The van der Waals surface area contributed by atoms with Crippen LogP contribution in [0.15, 0.2) is 24.3 Å². The predicted molar refractivity (Wildman–Crippen MR) is 84.1 cm³/mol. The van der Waals surface area contributed by atoms with Gasteiger partial charge in [-0.2, -0.15) is 11.8 Å². The highest BCUT2D eigenvalue weighted by molar-refractivity contribution is 7.99. The zero-order chi connectivity index (χ0) is 13.5. The number of anilines is 2. The number of rotatable bonds is 7. The Kier molecular flexibility index (Phi) is 5.58. The van der Waals surface area contributed by atoms with Crippen LogP contribution >= 0.6 is 11.8 Å². The van der Waals surface area contributed by atoms with E-state index in [0.29, 0.717) is 6.42 Å². The molecule has 3 nitrogen and oxygen atoms in total. The van der Waals surface area contributed by atoms with Gasteiger partial charge in [0, 0.05) is 30.9 Å². The third kappa shape index (κ3) is 4.16. The van der Waals surface area contributed by atoms with Crippen LogP contribution in [0.2, 0.25) is 0 Å². The summed E-state index contributed by atoms with van der Waals surface area (Å²) in [7, 11) is 0. The number of hydrogen-bond acceptors (Lipinski definition) is 3. The number of hydrogen-bond donors (Lipinski definition) is 1. The molecule has 1 saturated heterocycles. The van der Waals surface area contributed by atoms with E-state index >= 15 is 0 Å². The van der Waals surface area contributed by atoms with Gasteiger partial charge in [0.1, 0.15) is 0 Å². The molecule has 0 aliphatic carbocycles. The summed E-state index contributed by atoms with van der Waals surface area (Å²) in [5, 5.41) is 3.43. The molecule has 0 radical (unpaired) electrons. The van der Waals surface area contributed by atoms with Crippen molar-refractivity contribution in [1.82, 2.24) is 0 Å². The zero-order valence-electron chi connectivity index (χ0n) is 11.5. The smallest absolute Gasteiger partial charge is 0.227 e. The van der Waals surface area contributed by atoms with Crippen LogP contribution in [0.3, 0.4) is 0 Å². The molecule has 0 atom stereocenters. The molecule has 2 rings (SSSR count). The maximum absolute atomic E-state index is 11.7. The molecule has 1 fully saturated rings. The van der Waals surface area contributed by atoms with Crippen LogP contribution in [-0.2, 0) is 4.79 Å². The van der Waals surface area contributed by atoms with E-state index in [1.54, 1.807) is 0 Å². The van der Waals surface area contributed by atoms with Gasteiger partial charge in [0.05, 0.1) is 0 Å². The van der Waals surface area contributed by atoms with E-state index in [2.05, 4.69) is 24.4 Å². The summed E-state index contributed by atoms with van der Waals surface area (Å²) in [6, 6.07) is 8.18. The van der Waals surface area contributed by atoms with Gasteiger partial charge in [-0.15, -0.1) is 0 Å². The second-order valence-electron chi connectivity index (χ2n) is 4.68. The molecule has 0 unspecified atom stereocenters. The Balaban J connectivity index is 1.86. The first-order chi connectivity index (χ1) is 9.31. The molecule has 0 spiro atoms. The summed E-state index contributed by atoms with van der Waals surface area (Å²) < 4.78 is 0. The molecule has 0 saturated carbocycles. The average molecular weight is 278 g/mol. The maximum atomic E-state index is 11.7. The van der Waals surface area contributed by atoms with E-state index in [9.17, 15) is 4.79 Å². The molecule has 104 valence electrons. The van der Waals surface area contributed by atoms with Crippen LogP contribution in [0, 0.1) is 0 Å². The van der Waals surface area contributed by atoms with Crippen LogP contribution < -0.4 is 10.2 Å². The van der Waals surface area contributed by atoms with Crippen LogP contribution in [0.25, 0.3) is 0 Å². The summed E-state index contributed by atoms with van der Waals surface area (Å²) in [6.07, 6.45) is 2.84. The second kappa shape index (κ2) is 7.43. The third-order valence-corrected chi connectivity index (χ3v) is 4.22. The number of nitrogens with one attached hydrogen (secondary N) is 1. The number of nitrogens with zero attached hydrogens (tertiary/aromatic N) is 1. The molecule has 0 bridgehead atoms. The van der Waals surface area contributed by atoms with Gasteiger partial charge < -0.3 is 10.2 Å². The molecule has 1 aromatic rings. The molecule has 1 aromatic carbocycles. The Hall–Kier alpha value is -1.16. The van der Waals surface area contributed by atoms with Gasteiger partial charge in [0.25, 0.3) is 0 Å². The van der Waals surface area contributed by atoms with Gasteiger partial charge in [0.2, 0.25) is 5.91 Å². The molecule has 1 aliphatic heterocycles. The third-order valence-electron chi connectivity index (χ3n) is 3.23. The minimum Gasteiger partial charge on any atom is -0.385 e. The van der Waals surface area contributed by atoms with Crippen LogP contribution in [0.4, 0.5) is 11.4 Å². The Labute approximate surface area is 119 Å². The first kappa shape index (κ1) is 14.3. The highest BCUT2D eigenvalue weighted by Crippen LogP contribution is 2.24. The van der Waals surface area contributed by atoms with Crippen molar-refractivity contribution in [3.63, 3.8) is 0 Å². The van der Waals surface area contributed by atoms with Gasteiger partial charge in [-0.05, 0) is 42.5 Å². The molecule has 4 heteroatoms. The van der Waals surface area contributed by atoms with E-state index in [4.69, 9.17) is 0 Å². The first-order valence-corrected chi connectivity index (χ1v) is 8.19. The SMILES string of the molecule is CCSCCCNc1cccc(N2CCCC2=O)c1. The number of thioether (sulfide) groups is 1. The van der Waals surface area contributed by atoms with Crippen molar-refractivity contribution < 1.29 is 4.79 Å². The Morgan fingerprint density at radius 2 is 2.32 bits per heavy atom. The van der Waals surface area contributed by atoms with E-state index in [1.807, 2.05) is 28.8 Å². The predicted octanol–water partition coefficient (Wildman–Crippen LogP) is 3.37. The molecule has 0 aromatic heterocycles. The number of benzene rings is 1. The minimum atomic E-state index is 0.247. The average Bonchev–Trinajstić information content (AvgIpc) is 2.85. The summed E-state index contributed by atoms with van der Waals surface area (Å²) >= 11 is 1.97. The zero-order valence-corrected chi connectivity index (χ0v) is 12.3. The number of amides is 1. The minimum absolute atomic E-state index is 0.247. The Bertz CT molecular complexity index is 422. The highest BCUT2D eigenvalue weighted by Gasteiger charge is 2.21. The highest BCUT2D eigenvalue weighted by atomic mass is 32.2. The molecular formula is C15H22N2OS. The molecule has 19 heavy (non-hydrogen) atoms. The Morgan fingerprint density at radius 1 is 1.42 bits per heavy atom. The topological polar surface area (TPSA) is 32.3 Å². The van der Waals surface area contributed by atoms with Crippen molar-refractivity contribution >= 4 is 29.0 Å². The van der Waals surface area contributed by atoms with Crippen LogP contribution in [0.5, 0.6) is 0 Å². The van der Waals surface area contributed by atoms with Crippen molar-refractivity contribution in [2.45, 2.75) is 26.2 Å². The fraction of sp³-hybridized carbons (Fsp3) is 0.533. The van der Waals surface area contributed by atoms with Crippen molar-refractivity contribution in [2.75, 3.05) is 34.8 Å². The van der Waals surface area contributed by atoms with E-state index in [0.717, 1.165) is 30.9 Å². The van der Waals surface area contributed by atoms with Gasteiger partial charge in [-0.3, -0.25) is 4.79 Å². The summed E-state index contributed by atoms with van der Waals surface area (Å²) in [5.41, 5.74) is 2.13. The lowest BCUT2D eigenvalue weighted by Gasteiger charge is -2.17. The van der Waals surface area contributed by atoms with Crippen molar-refractivity contribution in [2.24, 2.45) is 0 Å². The molecule has 1 heterocycles. The van der Waals surface area contributed by atoms with Crippen molar-refractivity contribution in [3.8, 4) is 0 Å². The second-order valence-corrected chi connectivity index (χ2v) is 6.07. The molecule has 1 amide bonds. The van der Waals surface area contributed by atoms with Crippen LogP contribution in [-0.4, -0.2) is 30.5 Å². The van der Waals surface area contributed by atoms with Crippen LogP contribution in [0.1, 0.15) is 26.2 Å². The monoisotopic (exact) mass is 278 g/mol. The molecule has 1 aliphatic rings. The maximum Gasteiger partial charge on any atom is 0.227 e. The van der Waals surface area contributed by atoms with E-state index in [-0.39, 0.29) is 5.91 Å².